The summed E-state index contributed by atoms with van der Waals surface area (Å²) >= 11 is 0. The molecule has 5 heteroatoms. The molecule has 0 bridgehead atoms. The van der Waals surface area contributed by atoms with Gasteiger partial charge in [-0.1, -0.05) is 25.5 Å². The molecule has 0 heterocycles. The highest BCUT2D eigenvalue weighted by atomic mass is 16.6. The average molecular weight is 333 g/mol. The first-order valence-corrected chi connectivity index (χ1v) is 8.44. The van der Waals surface area contributed by atoms with Gasteiger partial charge in [-0.05, 0) is 44.9 Å². The molecule has 0 aromatic heterocycles. The summed E-state index contributed by atoms with van der Waals surface area (Å²) in [5.41, 5.74) is 1.63. The van der Waals surface area contributed by atoms with Gasteiger partial charge in [-0.3, -0.25) is 0 Å². The number of rotatable bonds is 8. The zero-order valence-corrected chi connectivity index (χ0v) is 15.0. The Kier molecular flexibility index (Phi) is 8.61. The van der Waals surface area contributed by atoms with Gasteiger partial charge in [0.25, 0.3) is 0 Å². The van der Waals surface area contributed by atoms with E-state index in [2.05, 4.69) is 0 Å². The van der Waals surface area contributed by atoms with E-state index in [9.17, 15) is 9.59 Å². The number of carbonyl (C=O) groups excluding carboxylic acids is 2. The number of carbonyl (C=O) groups is 2. The molecule has 0 atom stereocenters. The summed E-state index contributed by atoms with van der Waals surface area (Å²) in [5, 5.41) is 0. The number of benzene rings is 1. The molecule has 0 aliphatic carbocycles. The van der Waals surface area contributed by atoms with Crippen molar-refractivity contribution < 1.29 is 19.1 Å². The monoisotopic (exact) mass is 333 g/mol. The van der Waals surface area contributed by atoms with Crippen LogP contribution in [0.3, 0.4) is 0 Å². The summed E-state index contributed by atoms with van der Waals surface area (Å²) in [7, 11) is 0. The minimum atomic E-state index is -0.398. The molecule has 0 aliphatic rings. The summed E-state index contributed by atoms with van der Waals surface area (Å²) in [6.07, 6.45) is 4.39. The smallest absolute Gasteiger partial charge is 0.415 e. The molecular formula is C19H27NO4. The lowest BCUT2D eigenvalue weighted by Gasteiger charge is -2.18. The van der Waals surface area contributed by atoms with Crippen LogP contribution in [0, 0.1) is 6.92 Å². The van der Waals surface area contributed by atoms with Gasteiger partial charge in [0.1, 0.15) is 5.75 Å². The number of hydrogen-bond acceptors (Lipinski definition) is 4. The van der Waals surface area contributed by atoms with Crippen molar-refractivity contribution in [3.8, 4) is 5.75 Å². The van der Waals surface area contributed by atoms with Crippen LogP contribution in [0.2, 0.25) is 0 Å². The summed E-state index contributed by atoms with van der Waals surface area (Å²) in [5.74, 6) is 0.0366. The lowest BCUT2D eigenvalue weighted by Crippen LogP contribution is -2.33. The number of esters is 1. The van der Waals surface area contributed by atoms with E-state index in [1.165, 1.54) is 6.08 Å². The molecule has 1 amide bonds. The first kappa shape index (κ1) is 19.7. The van der Waals surface area contributed by atoms with E-state index in [4.69, 9.17) is 9.47 Å². The molecule has 132 valence electrons. The van der Waals surface area contributed by atoms with E-state index in [0.29, 0.717) is 31.0 Å². The highest BCUT2D eigenvalue weighted by Crippen LogP contribution is 2.22. The maximum Gasteiger partial charge on any atom is 0.415 e. The third-order valence-corrected chi connectivity index (χ3v) is 3.53. The molecule has 0 unspecified atom stereocenters. The van der Waals surface area contributed by atoms with Crippen molar-refractivity contribution >= 4 is 18.1 Å². The van der Waals surface area contributed by atoms with Gasteiger partial charge < -0.3 is 14.4 Å². The van der Waals surface area contributed by atoms with Gasteiger partial charge in [0.05, 0.1) is 6.61 Å². The van der Waals surface area contributed by atoms with E-state index in [1.807, 2.05) is 39.8 Å². The van der Waals surface area contributed by atoms with Crippen molar-refractivity contribution in [2.75, 3.05) is 19.7 Å². The summed E-state index contributed by atoms with van der Waals surface area (Å²) in [4.78, 5) is 25.4. The van der Waals surface area contributed by atoms with Crippen LogP contribution in [0.4, 0.5) is 4.79 Å². The quantitative estimate of drug-likeness (QED) is 0.406. The van der Waals surface area contributed by atoms with Crippen LogP contribution in [0.25, 0.3) is 6.08 Å². The topological polar surface area (TPSA) is 55.8 Å². The van der Waals surface area contributed by atoms with Crippen molar-refractivity contribution in [2.24, 2.45) is 0 Å². The Morgan fingerprint density at radius 3 is 2.50 bits per heavy atom. The second-order valence-corrected chi connectivity index (χ2v) is 5.44. The molecule has 0 saturated heterocycles. The van der Waals surface area contributed by atoms with Crippen LogP contribution in [0.1, 0.15) is 44.7 Å². The van der Waals surface area contributed by atoms with Crippen LogP contribution in [-0.2, 0) is 9.53 Å². The molecule has 5 nitrogen and oxygen atoms in total. The van der Waals surface area contributed by atoms with Crippen molar-refractivity contribution in [3.63, 3.8) is 0 Å². The lowest BCUT2D eigenvalue weighted by molar-refractivity contribution is -0.137. The van der Waals surface area contributed by atoms with Crippen molar-refractivity contribution in [2.45, 2.75) is 40.5 Å². The molecule has 0 fully saturated rings. The second kappa shape index (κ2) is 10.5. The fraction of sp³-hybridized carbons (Fsp3) is 0.474. The van der Waals surface area contributed by atoms with Gasteiger partial charge >= 0.3 is 12.1 Å². The van der Waals surface area contributed by atoms with Crippen molar-refractivity contribution in [3.05, 3.63) is 35.4 Å². The van der Waals surface area contributed by atoms with E-state index in [1.54, 1.807) is 17.0 Å². The molecule has 1 aromatic rings. The van der Waals surface area contributed by atoms with Crippen LogP contribution in [0.15, 0.2) is 24.3 Å². The number of nitrogens with zero attached hydrogens (tertiary/aromatic N) is 1. The second-order valence-electron chi connectivity index (χ2n) is 5.44. The number of unbranched alkanes of at least 4 members (excludes halogenated alkanes) is 1. The highest BCUT2D eigenvalue weighted by molar-refractivity contribution is 5.88. The molecule has 0 aliphatic heterocycles. The Morgan fingerprint density at radius 1 is 1.17 bits per heavy atom. The largest absolute Gasteiger partial charge is 0.463 e. The maximum absolute atomic E-state index is 12.1. The number of hydrogen-bond donors (Lipinski definition) is 0. The first-order valence-electron chi connectivity index (χ1n) is 8.44. The fourth-order valence-electron chi connectivity index (χ4n) is 2.03. The normalized spacial score (nSPS) is 10.7. The van der Waals surface area contributed by atoms with E-state index in [0.717, 1.165) is 18.4 Å². The van der Waals surface area contributed by atoms with Crippen LogP contribution in [-0.4, -0.2) is 36.7 Å². The Bertz CT molecular complexity index is 577. The van der Waals surface area contributed by atoms with Gasteiger partial charge in [-0.15, -0.1) is 0 Å². The summed E-state index contributed by atoms with van der Waals surface area (Å²) in [6, 6.07) is 5.50. The molecular weight excluding hydrogens is 306 g/mol. The predicted molar refractivity (Wildman–Crippen MR) is 95.0 cm³/mol. The molecule has 0 N–H and O–H groups in total. The molecule has 0 spiro atoms. The van der Waals surface area contributed by atoms with Crippen LogP contribution >= 0.6 is 0 Å². The van der Waals surface area contributed by atoms with Gasteiger partial charge in [0.2, 0.25) is 0 Å². The van der Waals surface area contributed by atoms with Crippen molar-refractivity contribution in [1.29, 1.82) is 0 Å². The zero-order valence-electron chi connectivity index (χ0n) is 15.0. The lowest BCUT2D eigenvalue weighted by atomic mass is 10.1. The van der Waals surface area contributed by atoms with Crippen LogP contribution in [0.5, 0.6) is 5.75 Å². The summed E-state index contributed by atoms with van der Waals surface area (Å²) < 4.78 is 10.6. The van der Waals surface area contributed by atoms with E-state index >= 15 is 0 Å². The Labute approximate surface area is 144 Å². The predicted octanol–water partition coefficient (Wildman–Crippen LogP) is 4.19. The number of amides is 1. The molecule has 24 heavy (non-hydrogen) atoms. The Balaban J connectivity index is 2.84. The third kappa shape index (κ3) is 6.44. The molecule has 1 rings (SSSR count). The maximum atomic E-state index is 12.1. The van der Waals surface area contributed by atoms with Gasteiger partial charge in [0.15, 0.2) is 0 Å². The summed E-state index contributed by atoms with van der Waals surface area (Å²) in [6.45, 7) is 9.32. The SMILES string of the molecule is CCCCOC(=O)/C=C/c1ccc(C)cc1OC(=O)N(CC)CC. The first-order chi connectivity index (χ1) is 11.5. The average Bonchev–Trinajstić information content (AvgIpc) is 2.55. The van der Waals surface area contributed by atoms with Gasteiger partial charge in [-0.2, -0.15) is 0 Å². The minimum Gasteiger partial charge on any atom is -0.463 e. The van der Waals surface area contributed by atoms with Gasteiger partial charge in [-0.25, -0.2) is 9.59 Å². The number of aryl methyl sites for hydroxylation is 1. The third-order valence-electron chi connectivity index (χ3n) is 3.53. The van der Waals surface area contributed by atoms with E-state index in [-0.39, 0.29) is 0 Å². The Hall–Kier alpha value is -2.30. The fourth-order valence-corrected chi connectivity index (χ4v) is 2.03. The molecule has 1 aromatic carbocycles. The standard InChI is InChI=1S/C19H27NO4/c1-5-8-13-23-18(21)12-11-16-10-9-15(4)14-17(16)24-19(22)20(6-2)7-3/h9-12,14H,5-8,13H2,1-4H3/b12-11+. The van der Waals surface area contributed by atoms with Gasteiger partial charge in [0, 0.05) is 24.7 Å². The van der Waals surface area contributed by atoms with Crippen LogP contribution < -0.4 is 4.74 Å². The highest BCUT2D eigenvalue weighted by Gasteiger charge is 2.14. The zero-order chi connectivity index (χ0) is 17.9. The van der Waals surface area contributed by atoms with E-state index < -0.39 is 12.1 Å². The van der Waals surface area contributed by atoms with Crippen molar-refractivity contribution in [1.82, 2.24) is 4.90 Å². The molecule has 0 saturated carbocycles. The minimum absolute atomic E-state index is 0.397. The number of ether oxygens (including phenoxy) is 2. The Morgan fingerprint density at radius 2 is 1.88 bits per heavy atom. The molecule has 0 radical (unpaired) electrons.